The average molecular weight is 366 g/mol. The van der Waals surface area contributed by atoms with E-state index < -0.39 is 31.4 Å². The molecule has 0 aromatic heterocycles. The van der Waals surface area contributed by atoms with E-state index in [1.54, 1.807) is 0 Å². The molecule has 0 aromatic rings. The van der Waals surface area contributed by atoms with Crippen LogP contribution in [0.3, 0.4) is 0 Å². The van der Waals surface area contributed by atoms with Crippen LogP contribution in [-0.4, -0.2) is 145 Å². The second-order valence-electron chi connectivity index (χ2n) is 0.447. The van der Waals surface area contributed by atoms with Crippen LogP contribution in [-0.2, 0) is 0 Å². The summed E-state index contributed by atoms with van der Waals surface area (Å²) in [5, 5.41) is 0. The summed E-state index contributed by atoms with van der Waals surface area (Å²) in [6.45, 7) is 0. The standard InChI is InChI=1S/2AsO3.3Ca/c2*2-1(3)4;;;/q2*-3;;;. The first kappa shape index (κ1) is 29.6. The van der Waals surface area contributed by atoms with Gasteiger partial charge in [-0.1, -0.05) is 0 Å². The van der Waals surface area contributed by atoms with Crippen molar-refractivity contribution in [1.29, 1.82) is 0 Å². The molecule has 6 nitrogen and oxygen atoms in total. The fourth-order valence-corrected chi connectivity index (χ4v) is 0. The Balaban J connectivity index is -0.0000000171. The molecule has 6 radical (unpaired) electrons. The molecule has 58 valence electrons. The van der Waals surface area contributed by atoms with Gasteiger partial charge in [0.1, 0.15) is 0 Å². The maximum absolute atomic E-state index is 8.56. The summed E-state index contributed by atoms with van der Waals surface area (Å²) in [6, 6.07) is 0. The van der Waals surface area contributed by atoms with Crippen LogP contribution in [0.15, 0.2) is 0 Å². The van der Waals surface area contributed by atoms with Crippen molar-refractivity contribution in [3.05, 3.63) is 0 Å². The van der Waals surface area contributed by atoms with E-state index in [2.05, 4.69) is 0 Å². The average Bonchev–Trinajstić information content (AvgIpc) is 1.25. The molecule has 11 heteroatoms. The minimum atomic E-state index is -3.94. The van der Waals surface area contributed by atoms with Crippen LogP contribution < -0.4 is 24.6 Å². The molecule has 0 heterocycles. The predicted molar refractivity (Wildman–Crippen MR) is 28.8 cm³/mol. The molecule has 0 unspecified atom stereocenters. The topological polar surface area (TPSA) is 138 Å². The van der Waals surface area contributed by atoms with Gasteiger partial charge in [-0.05, 0) is 0 Å². The molecule has 0 amide bonds. The zero-order chi connectivity index (χ0) is 7.15. The zero-order valence-corrected chi connectivity index (χ0v) is 15.8. The van der Waals surface area contributed by atoms with Gasteiger partial charge in [-0.25, -0.2) is 0 Å². The van der Waals surface area contributed by atoms with Crippen molar-refractivity contribution in [2.75, 3.05) is 0 Å². The Morgan fingerprint density at radius 3 is 0.455 bits per heavy atom. The van der Waals surface area contributed by atoms with E-state index in [0.29, 0.717) is 0 Å². The van der Waals surface area contributed by atoms with Gasteiger partial charge in [0.25, 0.3) is 0 Å². The summed E-state index contributed by atoms with van der Waals surface area (Å²) in [7, 11) is 0. The number of hydrogen-bond donors (Lipinski definition) is 0. The van der Waals surface area contributed by atoms with E-state index in [1.165, 1.54) is 0 Å². The van der Waals surface area contributed by atoms with Crippen LogP contribution in [0.1, 0.15) is 0 Å². The van der Waals surface area contributed by atoms with Crippen molar-refractivity contribution in [2.24, 2.45) is 0 Å². The number of hydrogen-bond acceptors (Lipinski definition) is 6. The Kier molecular flexibility index (Phi) is 64.8. The molecule has 0 bridgehead atoms. The normalized spacial score (nSPS) is 6.55. The van der Waals surface area contributed by atoms with Crippen LogP contribution in [0.2, 0.25) is 0 Å². The molecule has 0 fully saturated rings. The van der Waals surface area contributed by atoms with E-state index in [1.807, 2.05) is 0 Å². The third-order valence-electron chi connectivity index (χ3n) is 0. The Bertz CT molecular complexity index is 31.3. The van der Waals surface area contributed by atoms with Crippen molar-refractivity contribution < 1.29 is 24.6 Å². The molecular weight excluding hydrogens is 366 g/mol. The molecule has 0 spiro atoms. The maximum atomic E-state index is 8.56. The van der Waals surface area contributed by atoms with Gasteiger partial charge in [-0.15, -0.1) is 0 Å². The van der Waals surface area contributed by atoms with Gasteiger partial charge >= 0.3 is 55.9 Å². The molecule has 0 aliphatic carbocycles. The van der Waals surface area contributed by atoms with Crippen LogP contribution in [0, 0.1) is 0 Å². The van der Waals surface area contributed by atoms with E-state index in [0.717, 1.165) is 0 Å². The SMILES string of the molecule is [Ca].[Ca].[Ca].[O-][As]([O-])[O-].[O-][As]([O-])[O-]. The Morgan fingerprint density at radius 1 is 0.455 bits per heavy atom. The van der Waals surface area contributed by atoms with E-state index in [4.69, 9.17) is 24.6 Å². The minimum absolute atomic E-state index is 0. The summed E-state index contributed by atoms with van der Waals surface area (Å²) >= 11 is -7.88. The van der Waals surface area contributed by atoms with Crippen molar-refractivity contribution >= 4 is 145 Å². The molecule has 0 N–H and O–H groups in total. The van der Waals surface area contributed by atoms with Crippen LogP contribution in [0.4, 0.5) is 0 Å². The van der Waals surface area contributed by atoms with Crippen LogP contribution in [0.5, 0.6) is 0 Å². The molecule has 11 heavy (non-hydrogen) atoms. The Hall–Kier alpha value is 4.66. The quantitative estimate of drug-likeness (QED) is 0.390. The van der Waals surface area contributed by atoms with Gasteiger partial charge in [0.2, 0.25) is 0 Å². The molecule has 0 aliphatic heterocycles. The molecule has 0 rings (SSSR count). The third kappa shape index (κ3) is 108. The van der Waals surface area contributed by atoms with Gasteiger partial charge in [0.05, 0.1) is 0 Å². The zero-order valence-electron chi connectivity index (χ0n) is 5.47. The van der Waals surface area contributed by atoms with Crippen LogP contribution in [0.25, 0.3) is 0 Å². The first-order valence-corrected chi connectivity index (χ1v) is 5.69. The van der Waals surface area contributed by atoms with Gasteiger partial charge in [-0.3, -0.25) is 0 Å². The summed E-state index contributed by atoms with van der Waals surface area (Å²) in [5.74, 6) is 0. The third-order valence-corrected chi connectivity index (χ3v) is 0. The summed E-state index contributed by atoms with van der Waals surface area (Å²) in [6.07, 6.45) is 0. The fraction of sp³-hybridized carbons (Fsp3) is 0. The van der Waals surface area contributed by atoms with Crippen molar-refractivity contribution in [3.63, 3.8) is 0 Å². The Labute approximate surface area is 165 Å². The second-order valence-corrected chi connectivity index (χ2v) is 2.32. The number of rotatable bonds is 0. The molecule has 0 aliphatic rings. The predicted octanol–water partition coefficient (Wildman–Crippen LogP) is -9.04. The molecule has 0 atom stereocenters. The second kappa shape index (κ2) is 24.1. The first-order valence-electron chi connectivity index (χ1n) is 1.10. The first-order chi connectivity index (χ1) is 3.46. The molecule has 0 saturated heterocycles. The monoisotopic (exact) mass is 366 g/mol. The molecular formula is As2Ca3O6-6. The molecule has 0 aromatic carbocycles. The van der Waals surface area contributed by atoms with Gasteiger partial charge in [-0.2, -0.15) is 0 Å². The summed E-state index contributed by atoms with van der Waals surface area (Å²) < 4.78 is 51.4. The van der Waals surface area contributed by atoms with Gasteiger partial charge in [0, 0.05) is 113 Å². The van der Waals surface area contributed by atoms with Gasteiger partial charge in [0.15, 0.2) is 0 Å². The van der Waals surface area contributed by atoms with Crippen LogP contribution >= 0.6 is 0 Å². The van der Waals surface area contributed by atoms with Gasteiger partial charge < -0.3 is 0 Å². The van der Waals surface area contributed by atoms with E-state index >= 15 is 0 Å². The van der Waals surface area contributed by atoms with Crippen molar-refractivity contribution in [2.45, 2.75) is 0 Å². The summed E-state index contributed by atoms with van der Waals surface area (Å²) in [5.41, 5.74) is 0. The summed E-state index contributed by atoms with van der Waals surface area (Å²) in [4.78, 5) is 0. The van der Waals surface area contributed by atoms with Crippen molar-refractivity contribution in [3.8, 4) is 0 Å². The van der Waals surface area contributed by atoms with E-state index in [-0.39, 0.29) is 113 Å². The molecule has 0 saturated carbocycles. The van der Waals surface area contributed by atoms with Crippen molar-refractivity contribution in [1.82, 2.24) is 0 Å². The van der Waals surface area contributed by atoms with E-state index in [9.17, 15) is 0 Å². The fourth-order valence-electron chi connectivity index (χ4n) is 0. The Morgan fingerprint density at radius 2 is 0.455 bits per heavy atom.